The lowest BCUT2D eigenvalue weighted by Gasteiger charge is -2.38. The Bertz CT molecular complexity index is 1610. The van der Waals surface area contributed by atoms with Crippen LogP contribution in [0, 0.1) is 11.8 Å². The van der Waals surface area contributed by atoms with Gasteiger partial charge in [-0.2, -0.15) is 0 Å². The Balaban J connectivity index is 1.59. The molecule has 4 atom stereocenters. The summed E-state index contributed by atoms with van der Waals surface area (Å²) in [6.07, 6.45) is 1.40. The number of amides is 4. The SMILES string of the molecule is CC[C@H](C)C(NC(=O)OCc1ccccc1Cl)C(=O)N[C@]1(C(=O)NC[C@@H](C)CCC(N)=O)CCc2[nH]c3c(Cl)cc(Cl)cc3c2C1. The molecule has 248 valence electrons. The maximum absolute atomic E-state index is 14.1. The Hall–Kier alpha value is -3.47. The summed E-state index contributed by atoms with van der Waals surface area (Å²) >= 11 is 19.0. The van der Waals surface area contributed by atoms with Gasteiger partial charge in [-0.25, -0.2) is 4.79 Å². The predicted octanol–water partition coefficient (Wildman–Crippen LogP) is 5.83. The fourth-order valence-corrected chi connectivity index (χ4v) is 6.43. The summed E-state index contributed by atoms with van der Waals surface area (Å²) in [5.41, 5.74) is 7.02. The van der Waals surface area contributed by atoms with Crippen molar-refractivity contribution in [2.45, 2.75) is 77.5 Å². The fourth-order valence-electron chi connectivity index (χ4n) is 5.70. The minimum atomic E-state index is -1.35. The fraction of sp³-hybridized carbons (Fsp3) is 0.455. The third kappa shape index (κ3) is 8.46. The number of carbonyl (C=O) groups excluding carboxylic acids is 4. The second-order valence-corrected chi connectivity index (χ2v) is 13.4. The van der Waals surface area contributed by atoms with Crippen LogP contribution in [0.2, 0.25) is 15.1 Å². The van der Waals surface area contributed by atoms with E-state index in [1.807, 2.05) is 20.8 Å². The summed E-state index contributed by atoms with van der Waals surface area (Å²) in [7, 11) is 0. The minimum Gasteiger partial charge on any atom is -0.445 e. The second-order valence-electron chi connectivity index (χ2n) is 12.1. The van der Waals surface area contributed by atoms with Gasteiger partial charge in [-0.05, 0) is 54.9 Å². The smallest absolute Gasteiger partial charge is 0.408 e. The zero-order valence-corrected chi connectivity index (χ0v) is 28.4. The van der Waals surface area contributed by atoms with Gasteiger partial charge in [-0.1, -0.05) is 80.2 Å². The molecular formula is C33H40Cl3N5O5. The highest BCUT2D eigenvalue weighted by atomic mass is 35.5. The molecule has 0 saturated heterocycles. The number of H-pyrrole nitrogens is 1. The molecule has 46 heavy (non-hydrogen) atoms. The van der Waals surface area contributed by atoms with Crippen molar-refractivity contribution in [3.63, 3.8) is 0 Å². The molecule has 6 N–H and O–H groups in total. The first-order valence-corrected chi connectivity index (χ1v) is 16.5. The van der Waals surface area contributed by atoms with Gasteiger partial charge >= 0.3 is 6.09 Å². The van der Waals surface area contributed by atoms with Crippen LogP contribution in [0.1, 0.15) is 63.3 Å². The number of rotatable bonds is 13. The number of alkyl carbamates (subject to hydrolysis) is 1. The van der Waals surface area contributed by atoms with Gasteiger partial charge in [0, 0.05) is 46.1 Å². The van der Waals surface area contributed by atoms with Crippen molar-refractivity contribution in [1.82, 2.24) is 20.9 Å². The average molecular weight is 693 g/mol. The van der Waals surface area contributed by atoms with E-state index in [4.69, 9.17) is 45.3 Å². The molecular weight excluding hydrogens is 653 g/mol. The van der Waals surface area contributed by atoms with E-state index in [0.717, 1.165) is 16.6 Å². The Morgan fingerprint density at radius 2 is 1.83 bits per heavy atom. The van der Waals surface area contributed by atoms with E-state index in [9.17, 15) is 19.2 Å². The van der Waals surface area contributed by atoms with Crippen LogP contribution in [0.3, 0.4) is 0 Å². The van der Waals surface area contributed by atoms with Gasteiger partial charge in [0.25, 0.3) is 0 Å². The number of halogens is 3. The van der Waals surface area contributed by atoms with Crippen LogP contribution in [0.5, 0.6) is 0 Å². The summed E-state index contributed by atoms with van der Waals surface area (Å²) < 4.78 is 5.40. The van der Waals surface area contributed by atoms with E-state index in [1.165, 1.54) is 0 Å². The molecule has 4 amide bonds. The normalized spacial score (nSPS) is 17.8. The molecule has 13 heteroatoms. The summed E-state index contributed by atoms with van der Waals surface area (Å²) in [4.78, 5) is 55.6. The van der Waals surface area contributed by atoms with Gasteiger partial charge in [0.15, 0.2) is 0 Å². The van der Waals surface area contributed by atoms with E-state index in [0.29, 0.717) is 45.4 Å². The number of aryl methyl sites for hydroxylation is 1. The zero-order valence-electron chi connectivity index (χ0n) is 26.1. The van der Waals surface area contributed by atoms with E-state index in [-0.39, 0.29) is 50.2 Å². The first-order chi connectivity index (χ1) is 21.8. The Morgan fingerprint density at radius 3 is 2.52 bits per heavy atom. The van der Waals surface area contributed by atoms with Crippen LogP contribution >= 0.6 is 34.8 Å². The Labute approximate surface area is 283 Å². The van der Waals surface area contributed by atoms with Gasteiger partial charge in [0.1, 0.15) is 18.2 Å². The molecule has 4 rings (SSSR count). The number of nitrogens with one attached hydrogen (secondary N) is 4. The number of aromatic nitrogens is 1. The predicted molar refractivity (Wildman–Crippen MR) is 180 cm³/mol. The largest absolute Gasteiger partial charge is 0.445 e. The summed E-state index contributed by atoms with van der Waals surface area (Å²) in [6, 6.07) is 9.45. The number of aromatic amines is 1. The van der Waals surface area contributed by atoms with Crippen molar-refractivity contribution in [3.05, 3.63) is 68.3 Å². The van der Waals surface area contributed by atoms with Crippen LogP contribution in [0.25, 0.3) is 10.9 Å². The number of hydrogen-bond donors (Lipinski definition) is 5. The average Bonchev–Trinajstić information content (AvgIpc) is 3.38. The van der Waals surface area contributed by atoms with Crippen LogP contribution in [-0.4, -0.2) is 46.9 Å². The first kappa shape index (κ1) is 35.4. The molecule has 1 unspecified atom stereocenters. The first-order valence-electron chi connectivity index (χ1n) is 15.4. The van der Waals surface area contributed by atoms with Crippen LogP contribution in [0.15, 0.2) is 36.4 Å². The number of fused-ring (bicyclic) bond motifs is 3. The molecule has 0 spiro atoms. The van der Waals surface area contributed by atoms with Gasteiger partial charge in [0.05, 0.1) is 10.5 Å². The Morgan fingerprint density at radius 1 is 1.09 bits per heavy atom. The summed E-state index contributed by atoms with van der Waals surface area (Å²) in [5, 5.41) is 10.9. The van der Waals surface area contributed by atoms with Crippen molar-refractivity contribution in [3.8, 4) is 0 Å². The van der Waals surface area contributed by atoms with E-state index >= 15 is 0 Å². The summed E-state index contributed by atoms with van der Waals surface area (Å²) in [5.74, 6) is -1.61. The van der Waals surface area contributed by atoms with Gasteiger partial charge in [-0.3, -0.25) is 14.4 Å². The van der Waals surface area contributed by atoms with E-state index < -0.39 is 29.5 Å². The second kappa shape index (κ2) is 15.4. The van der Waals surface area contributed by atoms with Gasteiger partial charge < -0.3 is 31.4 Å². The van der Waals surface area contributed by atoms with Crippen molar-refractivity contribution < 1.29 is 23.9 Å². The molecule has 1 aromatic heterocycles. The van der Waals surface area contributed by atoms with E-state index in [1.54, 1.807) is 36.4 Å². The lowest BCUT2D eigenvalue weighted by atomic mass is 9.78. The highest BCUT2D eigenvalue weighted by Crippen LogP contribution is 2.38. The van der Waals surface area contributed by atoms with Gasteiger partial charge in [0.2, 0.25) is 17.7 Å². The molecule has 0 aliphatic heterocycles. The van der Waals surface area contributed by atoms with Crippen molar-refractivity contribution in [1.29, 1.82) is 0 Å². The lowest BCUT2D eigenvalue weighted by Crippen LogP contribution is -2.65. The molecule has 2 aromatic carbocycles. The van der Waals surface area contributed by atoms with Crippen LogP contribution in [-0.2, 0) is 38.6 Å². The third-order valence-corrected chi connectivity index (χ3v) is 9.56. The quantitative estimate of drug-likeness (QED) is 0.152. The van der Waals surface area contributed by atoms with Crippen LogP contribution in [0.4, 0.5) is 4.79 Å². The molecule has 1 aliphatic rings. The highest BCUT2D eigenvalue weighted by Gasteiger charge is 2.45. The minimum absolute atomic E-state index is 0.0310. The molecule has 0 bridgehead atoms. The van der Waals surface area contributed by atoms with Gasteiger partial charge in [-0.15, -0.1) is 0 Å². The topological polar surface area (TPSA) is 155 Å². The van der Waals surface area contributed by atoms with Crippen molar-refractivity contribution in [2.75, 3.05) is 6.54 Å². The lowest BCUT2D eigenvalue weighted by molar-refractivity contribution is -0.135. The summed E-state index contributed by atoms with van der Waals surface area (Å²) in [6.45, 7) is 5.87. The highest BCUT2D eigenvalue weighted by molar-refractivity contribution is 6.38. The molecule has 0 radical (unpaired) electrons. The number of primary amides is 1. The van der Waals surface area contributed by atoms with Crippen molar-refractivity contribution >= 4 is 69.5 Å². The zero-order chi connectivity index (χ0) is 33.6. The number of nitrogens with two attached hydrogens (primary N) is 1. The number of carbonyl (C=O) groups is 4. The molecule has 0 fully saturated rings. The number of hydrogen-bond acceptors (Lipinski definition) is 5. The van der Waals surface area contributed by atoms with Crippen molar-refractivity contribution in [2.24, 2.45) is 17.6 Å². The maximum Gasteiger partial charge on any atom is 0.408 e. The molecule has 0 saturated carbocycles. The van der Waals surface area contributed by atoms with E-state index in [2.05, 4.69) is 20.9 Å². The Kier molecular flexibility index (Phi) is 11.9. The molecule has 10 nitrogen and oxygen atoms in total. The molecule has 1 aliphatic carbocycles. The number of ether oxygens (including phenoxy) is 1. The van der Waals surface area contributed by atoms with Crippen LogP contribution < -0.4 is 21.7 Å². The standard InChI is InChI=1S/C33H40Cl3N5O5/c1-4-19(3)28(40-32(45)46-17-20-7-5-6-8-24(20)35)30(43)41-33(31(44)38-16-18(2)9-10-27(37)42)12-11-26-23(15-33)22-13-21(34)14-25(36)29(22)39-26/h5-8,13-14,18-19,28,39H,4,9-12,15-17H2,1-3H3,(H2,37,42)(H,38,44)(H,40,45)(H,41,43)/t18-,19-,28?,33+/m0/s1. The molecule has 3 aromatic rings. The molecule has 1 heterocycles. The third-order valence-electron chi connectivity index (χ3n) is 8.68. The number of benzene rings is 2. The monoisotopic (exact) mass is 691 g/mol. The maximum atomic E-state index is 14.1.